The second kappa shape index (κ2) is 7.60. The first-order chi connectivity index (χ1) is 6.63. The molecule has 0 aromatic rings. The third kappa shape index (κ3) is 5.05. The van der Waals surface area contributed by atoms with Gasteiger partial charge in [0.2, 0.25) is 0 Å². The van der Waals surface area contributed by atoms with E-state index >= 15 is 0 Å². The lowest BCUT2D eigenvalue weighted by Gasteiger charge is -2.05. The molecule has 0 aromatic heterocycles. The number of hydrogen-bond donors (Lipinski definition) is 1. The molecular weight excluding hydrogens is 176 g/mol. The maximum atomic E-state index is 10.8. The third-order valence-corrected chi connectivity index (χ3v) is 2.53. The predicted molar refractivity (Wildman–Crippen MR) is 59.4 cm³/mol. The number of rotatable bonds is 7. The summed E-state index contributed by atoms with van der Waals surface area (Å²) in [6.07, 6.45) is 6.38. The van der Waals surface area contributed by atoms with Crippen LogP contribution < -0.4 is 0 Å². The maximum Gasteiger partial charge on any atom is 0.331 e. The second-order valence-corrected chi connectivity index (χ2v) is 3.73. The van der Waals surface area contributed by atoms with Gasteiger partial charge >= 0.3 is 5.97 Å². The van der Waals surface area contributed by atoms with E-state index in [9.17, 15) is 4.79 Å². The van der Waals surface area contributed by atoms with Crippen LogP contribution in [0.3, 0.4) is 0 Å². The number of carbonyl (C=O) groups is 1. The Morgan fingerprint density at radius 2 is 1.79 bits per heavy atom. The molecule has 1 N–H and O–H groups in total. The van der Waals surface area contributed by atoms with Crippen molar-refractivity contribution in [2.75, 3.05) is 0 Å². The summed E-state index contributed by atoms with van der Waals surface area (Å²) in [4.78, 5) is 10.8. The quantitative estimate of drug-likeness (QED) is 0.499. The highest BCUT2D eigenvalue weighted by Gasteiger charge is 2.07. The monoisotopic (exact) mass is 198 g/mol. The highest BCUT2D eigenvalue weighted by atomic mass is 16.4. The number of carboxylic acids is 1. The fourth-order valence-corrected chi connectivity index (χ4v) is 1.60. The Hall–Kier alpha value is -0.790. The van der Waals surface area contributed by atoms with Crippen LogP contribution in [0, 0.1) is 0 Å². The fourth-order valence-electron chi connectivity index (χ4n) is 1.60. The van der Waals surface area contributed by atoms with Gasteiger partial charge in [0.1, 0.15) is 0 Å². The first kappa shape index (κ1) is 13.2. The van der Waals surface area contributed by atoms with Crippen molar-refractivity contribution in [1.82, 2.24) is 0 Å². The summed E-state index contributed by atoms with van der Waals surface area (Å²) in [5, 5.41) is 8.89. The van der Waals surface area contributed by atoms with E-state index < -0.39 is 5.97 Å². The molecule has 0 aliphatic heterocycles. The molecule has 0 saturated carbocycles. The second-order valence-electron chi connectivity index (χ2n) is 3.73. The molecule has 0 aliphatic rings. The van der Waals surface area contributed by atoms with Crippen molar-refractivity contribution in [2.24, 2.45) is 0 Å². The normalized spacial score (nSPS) is 12.5. The van der Waals surface area contributed by atoms with Crippen LogP contribution >= 0.6 is 0 Å². The standard InChI is InChI=1S/C12H22O2/c1-4-6-7-8-9-10(3)11(5-2)12(13)14/h4-9H2,1-3H3,(H,13,14). The van der Waals surface area contributed by atoms with Gasteiger partial charge in [-0.3, -0.25) is 0 Å². The molecule has 0 aromatic carbocycles. The first-order valence-corrected chi connectivity index (χ1v) is 5.55. The summed E-state index contributed by atoms with van der Waals surface area (Å²) in [6, 6.07) is 0. The molecule has 0 aliphatic carbocycles. The Morgan fingerprint density at radius 1 is 1.14 bits per heavy atom. The van der Waals surface area contributed by atoms with E-state index in [4.69, 9.17) is 5.11 Å². The van der Waals surface area contributed by atoms with E-state index in [1.54, 1.807) is 0 Å². The van der Waals surface area contributed by atoms with Gasteiger partial charge in [0.25, 0.3) is 0 Å². The van der Waals surface area contributed by atoms with Gasteiger partial charge in [-0.2, -0.15) is 0 Å². The van der Waals surface area contributed by atoms with Crippen molar-refractivity contribution in [3.8, 4) is 0 Å². The van der Waals surface area contributed by atoms with Crippen LogP contribution in [0.5, 0.6) is 0 Å². The molecule has 14 heavy (non-hydrogen) atoms. The van der Waals surface area contributed by atoms with Crippen LogP contribution in [0.2, 0.25) is 0 Å². The summed E-state index contributed by atoms with van der Waals surface area (Å²) < 4.78 is 0. The van der Waals surface area contributed by atoms with Crippen LogP contribution in [-0.4, -0.2) is 11.1 Å². The lowest BCUT2D eigenvalue weighted by atomic mass is 10.0. The molecule has 0 unspecified atom stereocenters. The molecule has 0 fully saturated rings. The van der Waals surface area contributed by atoms with Gasteiger partial charge in [-0.05, 0) is 26.2 Å². The molecule has 0 rings (SSSR count). The molecule has 0 radical (unpaired) electrons. The Morgan fingerprint density at radius 3 is 2.21 bits per heavy atom. The zero-order chi connectivity index (χ0) is 11.0. The minimum Gasteiger partial charge on any atom is -0.478 e. The van der Waals surface area contributed by atoms with Crippen LogP contribution in [0.25, 0.3) is 0 Å². The minimum absolute atomic E-state index is 0.599. The third-order valence-electron chi connectivity index (χ3n) is 2.53. The summed E-state index contributed by atoms with van der Waals surface area (Å²) in [5.41, 5.74) is 1.65. The van der Waals surface area contributed by atoms with Crippen molar-refractivity contribution in [2.45, 2.75) is 59.3 Å². The first-order valence-electron chi connectivity index (χ1n) is 5.55. The van der Waals surface area contributed by atoms with Gasteiger partial charge in [-0.25, -0.2) is 4.79 Å². The molecule has 0 atom stereocenters. The minimum atomic E-state index is -0.750. The van der Waals surface area contributed by atoms with E-state index in [-0.39, 0.29) is 0 Å². The van der Waals surface area contributed by atoms with Crippen LogP contribution in [0.15, 0.2) is 11.1 Å². The van der Waals surface area contributed by atoms with Gasteiger partial charge in [0.05, 0.1) is 0 Å². The number of aliphatic carboxylic acids is 1. The zero-order valence-electron chi connectivity index (χ0n) is 9.60. The number of hydrogen-bond acceptors (Lipinski definition) is 1. The summed E-state index contributed by atoms with van der Waals surface area (Å²) in [5.74, 6) is -0.750. The topological polar surface area (TPSA) is 37.3 Å². The van der Waals surface area contributed by atoms with Crippen molar-refractivity contribution in [3.63, 3.8) is 0 Å². The molecule has 0 saturated heterocycles. The van der Waals surface area contributed by atoms with Crippen molar-refractivity contribution >= 4 is 5.97 Å². The SMILES string of the molecule is CCCCCCC(C)=C(CC)C(=O)O. The van der Waals surface area contributed by atoms with Gasteiger partial charge in [0.15, 0.2) is 0 Å². The van der Waals surface area contributed by atoms with Crippen LogP contribution in [0.4, 0.5) is 0 Å². The number of unbranched alkanes of at least 4 members (excludes halogenated alkanes) is 3. The van der Waals surface area contributed by atoms with E-state index in [1.807, 2.05) is 13.8 Å². The highest BCUT2D eigenvalue weighted by Crippen LogP contribution is 2.16. The molecule has 0 amide bonds. The predicted octanol–water partition coefficient (Wildman–Crippen LogP) is 3.77. The largest absolute Gasteiger partial charge is 0.478 e. The number of allylic oxidation sites excluding steroid dienone is 1. The molecular formula is C12H22O2. The molecule has 0 spiro atoms. The van der Waals surface area contributed by atoms with Gasteiger partial charge in [0, 0.05) is 5.57 Å². The fraction of sp³-hybridized carbons (Fsp3) is 0.750. The van der Waals surface area contributed by atoms with Gasteiger partial charge in [-0.15, -0.1) is 0 Å². The average molecular weight is 198 g/mol. The molecule has 0 heterocycles. The Bertz CT molecular complexity index is 204. The van der Waals surface area contributed by atoms with E-state index in [1.165, 1.54) is 19.3 Å². The Balaban J connectivity index is 4.00. The molecule has 0 bridgehead atoms. The van der Waals surface area contributed by atoms with Gasteiger partial charge < -0.3 is 5.11 Å². The van der Waals surface area contributed by atoms with E-state index in [0.29, 0.717) is 12.0 Å². The summed E-state index contributed by atoms with van der Waals surface area (Å²) >= 11 is 0. The van der Waals surface area contributed by atoms with Crippen molar-refractivity contribution in [3.05, 3.63) is 11.1 Å². The van der Waals surface area contributed by atoms with Crippen LogP contribution in [0.1, 0.15) is 59.3 Å². The van der Waals surface area contributed by atoms with Crippen molar-refractivity contribution in [1.29, 1.82) is 0 Å². The summed E-state index contributed by atoms with van der Waals surface area (Å²) in [6.45, 7) is 6.02. The molecule has 2 nitrogen and oxygen atoms in total. The lowest BCUT2D eigenvalue weighted by molar-refractivity contribution is -0.132. The highest BCUT2D eigenvalue weighted by molar-refractivity contribution is 5.87. The summed E-state index contributed by atoms with van der Waals surface area (Å²) in [7, 11) is 0. The van der Waals surface area contributed by atoms with E-state index in [2.05, 4.69) is 6.92 Å². The zero-order valence-corrected chi connectivity index (χ0v) is 9.60. The molecule has 2 heteroatoms. The average Bonchev–Trinajstić information content (AvgIpc) is 2.13. The van der Waals surface area contributed by atoms with Crippen molar-refractivity contribution < 1.29 is 9.90 Å². The maximum absolute atomic E-state index is 10.8. The Kier molecular flexibility index (Phi) is 7.17. The Labute approximate surface area is 87.0 Å². The number of carboxylic acid groups (broad SMARTS) is 1. The molecule has 82 valence electrons. The van der Waals surface area contributed by atoms with E-state index in [0.717, 1.165) is 18.4 Å². The smallest absolute Gasteiger partial charge is 0.331 e. The lowest BCUT2D eigenvalue weighted by Crippen LogP contribution is -2.02. The van der Waals surface area contributed by atoms with Crippen LogP contribution in [-0.2, 0) is 4.79 Å². The van der Waals surface area contributed by atoms with Gasteiger partial charge in [-0.1, -0.05) is 38.7 Å².